The average molecular weight is 561 g/mol. The van der Waals surface area contributed by atoms with Gasteiger partial charge in [0.1, 0.15) is 5.75 Å². The lowest BCUT2D eigenvalue weighted by Gasteiger charge is -2.15. The summed E-state index contributed by atoms with van der Waals surface area (Å²) in [4.78, 5) is 34.7. The van der Waals surface area contributed by atoms with Crippen molar-refractivity contribution < 1.29 is 19.0 Å². The number of H-pyrrole nitrogens is 1. The molecule has 2 N–H and O–H groups in total. The van der Waals surface area contributed by atoms with Gasteiger partial charge in [-0.05, 0) is 61.4 Å². The third kappa shape index (κ3) is 3.88. The number of carbonyl (C=O) groups excluding carboxylic acids is 1. The lowest BCUT2D eigenvalue weighted by Crippen LogP contribution is -2.37. The topological polar surface area (TPSA) is 107 Å². The number of nitrogens with zero attached hydrogens (tertiary/aromatic N) is 2. The molecule has 9 nitrogen and oxygen atoms in total. The Morgan fingerprint density at radius 2 is 1.86 bits per heavy atom. The van der Waals surface area contributed by atoms with Crippen LogP contribution in [0.25, 0.3) is 49.0 Å². The molecule has 7 rings (SSSR count). The number of para-hydroxylation sites is 1. The van der Waals surface area contributed by atoms with Gasteiger partial charge in [0.05, 0.1) is 36.2 Å². The highest BCUT2D eigenvalue weighted by molar-refractivity contribution is 6.19. The zero-order valence-corrected chi connectivity index (χ0v) is 23.4. The molecule has 4 heterocycles. The number of aromatic amines is 1. The van der Waals surface area contributed by atoms with Gasteiger partial charge in [0, 0.05) is 46.0 Å². The maximum absolute atomic E-state index is 13.9. The Balaban J connectivity index is 1.20. The molecule has 4 aromatic heterocycles. The molecule has 0 unspecified atom stereocenters. The Bertz CT molecular complexity index is 2200. The number of carbonyl (C=O) groups is 1. The van der Waals surface area contributed by atoms with Gasteiger partial charge in [-0.25, -0.2) is 0 Å². The van der Waals surface area contributed by atoms with Crippen LogP contribution in [0.4, 0.5) is 0 Å². The van der Waals surface area contributed by atoms with Crippen LogP contribution in [0, 0.1) is 0 Å². The van der Waals surface area contributed by atoms with E-state index in [1.54, 1.807) is 36.8 Å². The highest BCUT2D eigenvalue weighted by Crippen LogP contribution is 2.39. The number of methoxy groups -OCH3 is 2. The third-order valence-corrected chi connectivity index (χ3v) is 7.92. The molecule has 1 atom stereocenters. The Morgan fingerprint density at radius 3 is 2.69 bits per heavy atom. The number of pyridine rings is 2. The van der Waals surface area contributed by atoms with Crippen LogP contribution in [-0.2, 0) is 11.2 Å². The summed E-state index contributed by atoms with van der Waals surface area (Å²) in [5.74, 6) is 1.17. The monoisotopic (exact) mass is 560 g/mol. The molecule has 0 saturated heterocycles. The van der Waals surface area contributed by atoms with Crippen LogP contribution < -0.4 is 25.1 Å². The van der Waals surface area contributed by atoms with E-state index in [0.29, 0.717) is 52.0 Å². The number of hydrogen-bond acceptors (Lipinski definition) is 6. The molecule has 210 valence electrons. The zero-order chi connectivity index (χ0) is 29.0. The summed E-state index contributed by atoms with van der Waals surface area (Å²) in [5.41, 5.74) is 4.12. The zero-order valence-electron chi connectivity index (χ0n) is 23.4. The quantitative estimate of drug-likeness (QED) is 0.247. The smallest absolute Gasteiger partial charge is 0.267 e. The van der Waals surface area contributed by atoms with Crippen LogP contribution in [0.15, 0.2) is 77.9 Å². The molecule has 1 amide bonds. The van der Waals surface area contributed by atoms with Crippen molar-refractivity contribution in [2.45, 2.75) is 19.4 Å². The number of rotatable bonds is 8. The van der Waals surface area contributed by atoms with Gasteiger partial charge in [-0.15, -0.1) is 0 Å². The first-order valence-electron chi connectivity index (χ1n) is 13.7. The van der Waals surface area contributed by atoms with Gasteiger partial charge in [0.25, 0.3) is 11.5 Å². The Morgan fingerprint density at radius 1 is 1.00 bits per heavy atom. The van der Waals surface area contributed by atoms with Crippen LogP contribution >= 0.6 is 0 Å². The molecule has 0 spiro atoms. The van der Waals surface area contributed by atoms with Crippen molar-refractivity contribution in [2.75, 3.05) is 20.8 Å². The van der Waals surface area contributed by atoms with E-state index in [1.165, 1.54) is 7.11 Å². The third-order valence-electron chi connectivity index (χ3n) is 7.92. The average Bonchev–Trinajstić information content (AvgIpc) is 3.58. The van der Waals surface area contributed by atoms with Gasteiger partial charge >= 0.3 is 0 Å². The van der Waals surface area contributed by atoms with Crippen molar-refractivity contribution in [3.8, 4) is 17.2 Å². The van der Waals surface area contributed by atoms with E-state index in [2.05, 4.69) is 21.4 Å². The number of hydrogen-bond donors (Lipinski definition) is 2. The molecule has 0 aliphatic carbocycles. The van der Waals surface area contributed by atoms with Gasteiger partial charge < -0.3 is 24.5 Å². The molecule has 42 heavy (non-hydrogen) atoms. The molecule has 0 aliphatic rings. The van der Waals surface area contributed by atoms with Crippen molar-refractivity contribution >= 4 is 54.9 Å². The largest absolute Gasteiger partial charge is 0.493 e. The fourth-order valence-corrected chi connectivity index (χ4v) is 5.93. The van der Waals surface area contributed by atoms with Crippen LogP contribution in [0.2, 0.25) is 0 Å². The number of fused-ring (bicyclic) bond motifs is 6. The first-order valence-corrected chi connectivity index (χ1v) is 13.7. The minimum absolute atomic E-state index is 0.201. The van der Waals surface area contributed by atoms with Crippen LogP contribution in [0.5, 0.6) is 17.2 Å². The fourth-order valence-electron chi connectivity index (χ4n) is 5.93. The van der Waals surface area contributed by atoms with Gasteiger partial charge in [0.2, 0.25) is 0 Å². The Labute approximate surface area is 240 Å². The number of aromatic nitrogens is 3. The summed E-state index contributed by atoms with van der Waals surface area (Å²) in [6.07, 6.45) is 3.71. The van der Waals surface area contributed by atoms with Gasteiger partial charge in [-0.1, -0.05) is 18.2 Å². The molecule has 0 saturated carbocycles. The SMILES string of the molecule is COc1ccc2c(c1OC)c(=O)n1c3ccc(O[C@H](C)C(=O)NCCc4c[nH]c5ccccc45)cc3c3ccnc2c31. The van der Waals surface area contributed by atoms with E-state index in [0.717, 1.165) is 32.8 Å². The molecule has 0 aliphatic heterocycles. The number of nitrogens with one attached hydrogen (secondary N) is 2. The van der Waals surface area contributed by atoms with E-state index >= 15 is 0 Å². The molecular weight excluding hydrogens is 532 g/mol. The van der Waals surface area contributed by atoms with Crippen LogP contribution in [0.1, 0.15) is 12.5 Å². The number of benzene rings is 3. The molecule has 3 aromatic carbocycles. The maximum Gasteiger partial charge on any atom is 0.267 e. The van der Waals surface area contributed by atoms with Crippen molar-refractivity contribution in [2.24, 2.45) is 0 Å². The Kier molecular flexibility index (Phi) is 6.08. The fraction of sp³-hybridized carbons (Fsp3) is 0.182. The summed E-state index contributed by atoms with van der Waals surface area (Å²) in [5, 5.41) is 6.92. The second kappa shape index (κ2) is 9.95. The lowest BCUT2D eigenvalue weighted by molar-refractivity contribution is -0.127. The number of ether oxygens (including phenoxy) is 3. The van der Waals surface area contributed by atoms with E-state index in [4.69, 9.17) is 14.2 Å². The standard InChI is InChI=1S/C33H28N4O5/c1-18(32(38)35-14-12-19-17-36-25-7-5-4-6-21(19)25)42-20-8-10-26-24(16-20)22-13-15-34-29-23-9-11-27(40-2)31(41-3)28(23)33(39)37(26)30(22)29/h4-11,13,15-18,36H,12,14H2,1-3H3,(H,35,38)/t18-/m1/s1. The van der Waals surface area contributed by atoms with Crippen molar-refractivity contribution in [1.29, 1.82) is 0 Å². The molecule has 9 heteroatoms. The predicted octanol–water partition coefficient (Wildman–Crippen LogP) is 5.22. The van der Waals surface area contributed by atoms with E-state index in [-0.39, 0.29) is 11.5 Å². The van der Waals surface area contributed by atoms with Crippen molar-refractivity contribution in [3.05, 3.63) is 89.0 Å². The van der Waals surface area contributed by atoms with Gasteiger partial charge in [-0.3, -0.25) is 19.0 Å². The summed E-state index contributed by atoms with van der Waals surface area (Å²) in [6.45, 7) is 2.22. The molecule has 0 fully saturated rings. The van der Waals surface area contributed by atoms with Crippen molar-refractivity contribution in [3.63, 3.8) is 0 Å². The van der Waals surface area contributed by atoms with Crippen molar-refractivity contribution in [1.82, 2.24) is 19.7 Å². The first kappa shape index (κ1) is 25.6. The summed E-state index contributed by atoms with van der Waals surface area (Å²) in [7, 11) is 3.06. The molecular formula is C33H28N4O5. The summed E-state index contributed by atoms with van der Waals surface area (Å²) >= 11 is 0. The second-order valence-electron chi connectivity index (χ2n) is 10.3. The minimum Gasteiger partial charge on any atom is -0.493 e. The molecule has 0 radical (unpaired) electrons. The Hall–Kier alpha value is -5.31. The van der Waals surface area contributed by atoms with Gasteiger partial charge in [-0.2, -0.15) is 0 Å². The molecule has 0 bridgehead atoms. The lowest BCUT2D eigenvalue weighted by atomic mass is 10.1. The van der Waals surface area contributed by atoms with E-state index in [1.807, 2.05) is 48.7 Å². The second-order valence-corrected chi connectivity index (χ2v) is 10.3. The van der Waals surface area contributed by atoms with Crippen LogP contribution in [0.3, 0.4) is 0 Å². The summed E-state index contributed by atoms with van der Waals surface area (Å²) < 4.78 is 18.8. The maximum atomic E-state index is 13.9. The summed E-state index contributed by atoms with van der Waals surface area (Å²) in [6, 6.07) is 19.1. The highest BCUT2D eigenvalue weighted by atomic mass is 16.5. The normalized spacial score (nSPS) is 12.5. The number of amides is 1. The van der Waals surface area contributed by atoms with Gasteiger partial charge in [0.15, 0.2) is 17.6 Å². The molecule has 7 aromatic rings. The highest BCUT2D eigenvalue weighted by Gasteiger charge is 2.23. The van der Waals surface area contributed by atoms with E-state index in [9.17, 15) is 9.59 Å². The van der Waals surface area contributed by atoms with E-state index < -0.39 is 6.10 Å². The predicted molar refractivity (Wildman–Crippen MR) is 163 cm³/mol. The first-order chi connectivity index (χ1) is 20.5. The van der Waals surface area contributed by atoms with Crippen LogP contribution in [-0.4, -0.2) is 47.1 Å². The minimum atomic E-state index is -0.714.